The lowest BCUT2D eigenvalue weighted by molar-refractivity contribution is -0.152. The predicted molar refractivity (Wildman–Crippen MR) is 95.1 cm³/mol. The number of nitrogens with zero attached hydrogens (tertiary/aromatic N) is 2. The molecular weight excluding hydrogens is 370 g/mol. The Morgan fingerprint density at radius 2 is 1.68 bits per heavy atom. The number of piperidine rings is 1. The number of carbonyl (C=O) groups excluding carboxylic acids is 4. The Labute approximate surface area is 160 Å². The molecule has 0 radical (unpaired) electrons. The summed E-state index contributed by atoms with van der Waals surface area (Å²) in [5, 5.41) is 16.8. The van der Waals surface area contributed by atoms with Gasteiger partial charge in [-0.05, 0) is 25.5 Å². The third-order valence-electron chi connectivity index (χ3n) is 4.33. The van der Waals surface area contributed by atoms with Gasteiger partial charge in [0.05, 0.1) is 24.3 Å². The molecule has 4 amide bonds. The van der Waals surface area contributed by atoms with Crippen LogP contribution in [0.1, 0.15) is 40.5 Å². The molecule has 2 heterocycles. The highest BCUT2D eigenvalue weighted by atomic mass is 16.4. The molecule has 2 aliphatic rings. The van der Waals surface area contributed by atoms with Gasteiger partial charge in [0.2, 0.25) is 5.91 Å². The van der Waals surface area contributed by atoms with E-state index in [1.54, 1.807) is 24.3 Å². The van der Waals surface area contributed by atoms with Crippen molar-refractivity contribution in [3.8, 4) is 0 Å². The molecule has 10 heteroatoms. The Kier molecular flexibility index (Phi) is 6.60. The van der Waals surface area contributed by atoms with Crippen LogP contribution in [0.5, 0.6) is 0 Å². The summed E-state index contributed by atoms with van der Waals surface area (Å²) in [4.78, 5) is 60.4. The van der Waals surface area contributed by atoms with Crippen molar-refractivity contribution >= 4 is 29.6 Å². The van der Waals surface area contributed by atoms with Crippen molar-refractivity contribution in [1.82, 2.24) is 9.80 Å². The van der Waals surface area contributed by atoms with Crippen molar-refractivity contribution < 1.29 is 34.2 Å². The number of carboxylic acids is 1. The van der Waals surface area contributed by atoms with Crippen LogP contribution in [-0.2, 0) is 14.4 Å². The number of imide groups is 2. The number of fused-ring (bicyclic) bond motifs is 1. The van der Waals surface area contributed by atoms with Crippen molar-refractivity contribution in [2.75, 3.05) is 13.2 Å². The molecule has 0 aliphatic carbocycles. The van der Waals surface area contributed by atoms with Crippen LogP contribution in [0.25, 0.3) is 0 Å². The number of nitrogens with two attached hydrogens (primary N) is 1. The molecule has 2 aliphatic heterocycles. The van der Waals surface area contributed by atoms with Crippen molar-refractivity contribution in [3.05, 3.63) is 35.4 Å². The molecule has 0 spiro atoms. The van der Waals surface area contributed by atoms with Gasteiger partial charge in [0.15, 0.2) is 0 Å². The zero-order valence-electron chi connectivity index (χ0n) is 15.2. The molecule has 1 unspecified atom stereocenters. The Morgan fingerprint density at radius 3 is 2.11 bits per heavy atom. The summed E-state index contributed by atoms with van der Waals surface area (Å²) < 4.78 is 0. The zero-order chi connectivity index (χ0) is 21.0. The number of likely N-dealkylation sites (tertiary alicyclic amines) is 1. The molecule has 2 atom stereocenters. The number of rotatable bonds is 4. The molecule has 10 nitrogen and oxygen atoms in total. The average molecular weight is 391 g/mol. The summed E-state index contributed by atoms with van der Waals surface area (Å²) >= 11 is 0. The monoisotopic (exact) mass is 391 g/mol. The van der Waals surface area contributed by atoms with E-state index in [2.05, 4.69) is 0 Å². The fraction of sp³-hybridized carbons (Fsp3) is 0.389. The molecule has 0 aromatic heterocycles. The van der Waals surface area contributed by atoms with Crippen LogP contribution in [0.15, 0.2) is 24.3 Å². The van der Waals surface area contributed by atoms with E-state index in [-0.39, 0.29) is 37.1 Å². The summed E-state index contributed by atoms with van der Waals surface area (Å²) in [5.74, 6) is -3.00. The fourth-order valence-corrected chi connectivity index (χ4v) is 2.89. The standard InChI is InChI=1S/C15H14N2O5.C3H7NO2/c18-8-7-16-12(19)6-5-11(15(16)22)17-13(20)9-3-1-2-4-10(9)14(17)21;1-2(4)3(5)6/h1-4,11,18H,5-8H2;2H,4H2,1H3,(H,5,6)/t;2-/m.0/s1. The summed E-state index contributed by atoms with van der Waals surface area (Å²) in [5.41, 5.74) is 5.37. The van der Waals surface area contributed by atoms with Crippen molar-refractivity contribution in [3.63, 3.8) is 0 Å². The SMILES string of the molecule is C[C@H](N)C(=O)O.O=C1CCC(N2C(=O)c3ccccc3C2=O)C(=O)N1CCO. The summed E-state index contributed by atoms with van der Waals surface area (Å²) in [7, 11) is 0. The second kappa shape index (κ2) is 8.72. The predicted octanol–water partition coefficient (Wildman–Crippen LogP) is -0.789. The molecule has 4 N–H and O–H groups in total. The first-order valence-electron chi connectivity index (χ1n) is 8.61. The molecule has 0 saturated carbocycles. The number of carbonyl (C=O) groups is 5. The molecule has 28 heavy (non-hydrogen) atoms. The minimum atomic E-state index is -0.989. The first-order valence-corrected chi connectivity index (χ1v) is 8.61. The van der Waals surface area contributed by atoms with Crippen LogP contribution in [0.3, 0.4) is 0 Å². The number of hydrogen-bond donors (Lipinski definition) is 3. The number of aliphatic carboxylic acids is 1. The third kappa shape index (κ3) is 4.07. The molecular formula is C18H21N3O7. The van der Waals surface area contributed by atoms with E-state index < -0.39 is 41.7 Å². The van der Waals surface area contributed by atoms with E-state index >= 15 is 0 Å². The molecule has 3 rings (SSSR count). The normalized spacial score (nSPS) is 19.9. The molecule has 150 valence electrons. The van der Waals surface area contributed by atoms with Crippen LogP contribution in [0, 0.1) is 0 Å². The zero-order valence-corrected chi connectivity index (χ0v) is 15.2. The van der Waals surface area contributed by atoms with Crippen LogP contribution in [0.2, 0.25) is 0 Å². The van der Waals surface area contributed by atoms with Crippen LogP contribution in [-0.4, -0.2) is 74.8 Å². The van der Waals surface area contributed by atoms with E-state index in [0.717, 1.165) is 9.80 Å². The lowest BCUT2D eigenvalue weighted by Gasteiger charge is -2.34. The van der Waals surface area contributed by atoms with Crippen LogP contribution in [0.4, 0.5) is 0 Å². The van der Waals surface area contributed by atoms with Gasteiger partial charge in [-0.2, -0.15) is 0 Å². The van der Waals surface area contributed by atoms with E-state index in [0.29, 0.717) is 0 Å². The molecule has 1 aromatic carbocycles. The first kappa shape index (κ1) is 21.2. The van der Waals surface area contributed by atoms with E-state index in [4.69, 9.17) is 15.9 Å². The second-order valence-corrected chi connectivity index (χ2v) is 6.31. The van der Waals surface area contributed by atoms with E-state index in [9.17, 15) is 24.0 Å². The van der Waals surface area contributed by atoms with Crippen molar-refractivity contribution in [2.45, 2.75) is 31.8 Å². The van der Waals surface area contributed by atoms with Gasteiger partial charge < -0.3 is 15.9 Å². The largest absolute Gasteiger partial charge is 0.480 e. The fourth-order valence-electron chi connectivity index (χ4n) is 2.89. The van der Waals surface area contributed by atoms with Crippen molar-refractivity contribution in [2.24, 2.45) is 5.73 Å². The summed E-state index contributed by atoms with van der Waals surface area (Å²) in [6, 6.07) is 4.66. The van der Waals surface area contributed by atoms with Gasteiger partial charge in [-0.1, -0.05) is 12.1 Å². The highest BCUT2D eigenvalue weighted by Gasteiger charge is 2.46. The minimum absolute atomic E-state index is 0.0593. The number of carboxylic acid groups (broad SMARTS) is 1. The van der Waals surface area contributed by atoms with Crippen LogP contribution < -0.4 is 5.73 Å². The maximum Gasteiger partial charge on any atom is 0.320 e. The van der Waals surface area contributed by atoms with E-state index in [1.165, 1.54) is 6.92 Å². The number of benzene rings is 1. The highest BCUT2D eigenvalue weighted by Crippen LogP contribution is 2.28. The van der Waals surface area contributed by atoms with Gasteiger partial charge in [-0.25, -0.2) is 0 Å². The molecule has 1 saturated heterocycles. The number of β-amino-alcohol motifs (C(OH)–C–C–N with tert-alkyl or cyclic N) is 1. The van der Waals surface area contributed by atoms with Crippen molar-refractivity contribution in [1.29, 1.82) is 0 Å². The molecule has 1 aromatic rings. The van der Waals surface area contributed by atoms with Gasteiger partial charge in [-0.3, -0.25) is 33.8 Å². The summed E-state index contributed by atoms with van der Waals surface area (Å²) in [6.45, 7) is 0.936. The number of aliphatic hydroxyl groups is 1. The highest BCUT2D eigenvalue weighted by molar-refractivity contribution is 6.23. The Balaban J connectivity index is 0.000000409. The number of hydrogen-bond acceptors (Lipinski definition) is 7. The second-order valence-electron chi connectivity index (χ2n) is 6.31. The first-order chi connectivity index (χ1) is 13.2. The quantitative estimate of drug-likeness (QED) is 0.563. The van der Waals surface area contributed by atoms with Crippen LogP contribution >= 0.6 is 0 Å². The minimum Gasteiger partial charge on any atom is -0.480 e. The maximum absolute atomic E-state index is 12.4. The van der Waals surface area contributed by atoms with E-state index in [1.807, 2.05) is 0 Å². The topological polar surface area (TPSA) is 158 Å². The third-order valence-corrected chi connectivity index (χ3v) is 4.33. The Hall–Kier alpha value is -3.11. The summed E-state index contributed by atoms with van der Waals surface area (Å²) in [6.07, 6.45) is 0.175. The van der Waals surface area contributed by atoms with Gasteiger partial charge in [-0.15, -0.1) is 0 Å². The Bertz CT molecular complexity index is 786. The van der Waals surface area contributed by atoms with Gasteiger partial charge in [0, 0.05) is 6.42 Å². The van der Waals surface area contributed by atoms with Gasteiger partial charge >= 0.3 is 5.97 Å². The number of amides is 4. The molecule has 1 fully saturated rings. The van der Waals surface area contributed by atoms with Gasteiger partial charge in [0.1, 0.15) is 12.1 Å². The Morgan fingerprint density at radius 1 is 1.18 bits per heavy atom. The van der Waals surface area contributed by atoms with Gasteiger partial charge in [0.25, 0.3) is 17.7 Å². The lowest BCUT2D eigenvalue weighted by Crippen LogP contribution is -2.56. The smallest absolute Gasteiger partial charge is 0.320 e. The molecule has 0 bridgehead atoms. The average Bonchev–Trinajstić information content (AvgIpc) is 2.91. The lowest BCUT2D eigenvalue weighted by atomic mass is 10.0. The number of aliphatic hydroxyl groups excluding tert-OH is 1. The maximum atomic E-state index is 12.4.